The maximum absolute atomic E-state index is 5.96. The summed E-state index contributed by atoms with van der Waals surface area (Å²) in [5.74, 6) is 0. The van der Waals surface area contributed by atoms with Crippen LogP contribution in [0.1, 0.15) is 31.4 Å². The Morgan fingerprint density at radius 2 is 1.88 bits per heavy atom. The monoisotopic (exact) mass is 252 g/mol. The van der Waals surface area contributed by atoms with Crippen molar-refractivity contribution in [1.29, 1.82) is 0 Å². The van der Waals surface area contributed by atoms with Gasteiger partial charge in [0.15, 0.2) is 0 Å². The van der Waals surface area contributed by atoms with Crippen LogP contribution in [-0.4, -0.2) is 31.1 Å². The summed E-state index contributed by atoms with van der Waals surface area (Å²) in [4.78, 5) is 2.59. The second-order valence-corrected chi connectivity index (χ2v) is 5.08. The van der Waals surface area contributed by atoms with Crippen molar-refractivity contribution in [2.75, 3.05) is 26.2 Å². The molecule has 94 valence electrons. The molecule has 1 atom stereocenters. The van der Waals surface area contributed by atoms with Crippen molar-refractivity contribution < 1.29 is 0 Å². The summed E-state index contributed by atoms with van der Waals surface area (Å²) in [6.45, 7) is 6.76. The molecule has 0 unspecified atom stereocenters. The van der Waals surface area contributed by atoms with E-state index in [9.17, 15) is 0 Å². The lowest BCUT2D eigenvalue weighted by Crippen LogP contribution is -2.45. The molecule has 2 nitrogen and oxygen atoms in total. The van der Waals surface area contributed by atoms with Crippen LogP contribution in [0.2, 0.25) is 5.02 Å². The Morgan fingerprint density at radius 1 is 1.24 bits per heavy atom. The second kappa shape index (κ2) is 6.39. The molecule has 0 bridgehead atoms. The predicted molar refractivity (Wildman–Crippen MR) is 73.5 cm³/mol. The number of hydrogen-bond donors (Lipinski definition) is 1. The van der Waals surface area contributed by atoms with Crippen molar-refractivity contribution in [2.45, 2.75) is 25.8 Å². The highest BCUT2D eigenvalue weighted by molar-refractivity contribution is 6.30. The SMILES string of the molecule is CCC[C@H](c1ccc(Cl)cc1)N1CCNCC1. The normalized spacial score (nSPS) is 19.2. The van der Waals surface area contributed by atoms with Gasteiger partial charge in [-0.3, -0.25) is 4.90 Å². The van der Waals surface area contributed by atoms with Crippen molar-refractivity contribution in [3.8, 4) is 0 Å². The van der Waals surface area contributed by atoms with E-state index in [1.54, 1.807) is 0 Å². The lowest BCUT2D eigenvalue weighted by molar-refractivity contribution is 0.164. The van der Waals surface area contributed by atoms with Gasteiger partial charge in [-0.15, -0.1) is 0 Å². The van der Waals surface area contributed by atoms with Crippen LogP contribution in [0, 0.1) is 0 Å². The first-order chi connectivity index (χ1) is 8.31. The molecule has 17 heavy (non-hydrogen) atoms. The van der Waals surface area contributed by atoms with Crippen LogP contribution < -0.4 is 5.32 Å². The lowest BCUT2D eigenvalue weighted by Gasteiger charge is -2.35. The van der Waals surface area contributed by atoms with E-state index in [1.165, 1.54) is 18.4 Å². The van der Waals surface area contributed by atoms with Crippen molar-refractivity contribution in [3.63, 3.8) is 0 Å². The summed E-state index contributed by atoms with van der Waals surface area (Å²) in [6.07, 6.45) is 2.44. The van der Waals surface area contributed by atoms with E-state index >= 15 is 0 Å². The third-order valence-electron chi connectivity index (χ3n) is 3.41. The fourth-order valence-electron chi connectivity index (χ4n) is 2.51. The number of rotatable bonds is 4. The van der Waals surface area contributed by atoms with Crippen LogP contribution in [-0.2, 0) is 0 Å². The molecule has 2 rings (SSSR count). The third kappa shape index (κ3) is 3.44. The van der Waals surface area contributed by atoms with Crippen molar-refractivity contribution >= 4 is 11.6 Å². The van der Waals surface area contributed by atoms with E-state index in [0.717, 1.165) is 31.2 Å². The number of halogens is 1. The van der Waals surface area contributed by atoms with Crippen molar-refractivity contribution in [2.24, 2.45) is 0 Å². The van der Waals surface area contributed by atoms with Crippen LogP contribution in [0.5, 0.6) is 0 Å². The maximum Gasteiger partial charge on any atom is 0.0406 e. The van der Waals surface area contributed by atoms with Crippen LogP contribution in [0.3, 0.4) is 0 Å². The Morgan fingerprint density at radius 3 is 2.47 bits per heavy atom. The number of piperazine rings is 1. The van der Waals surface area contributed by atoms with E-state index in [0.29, 0.717) is 6.04 Å². The molecule has 1 N–H and O–H groups in total. The van der Waals surface area contributed by atoms with Crippen LogP contribution in [0.25, 0.3) is 0 Å². The molecule has 0 spiro atoms. The third-order valence-corrected chi connectivity index (χ3v) is 3.66. The van der Waals surface area contributed by atoms with Gasteiger partial charge in [-0.2, -0.15) is 0 Å². The van der Waals surface area contributed by atoms with Gasteiger partial charge in [-0.1, -0.05) is 37.1 Å². The van der Waals surface area contributed by atoms with Gasteiger partial charge in [0.25, 0.3) is 0 Å². The summed E-state index contributed by atoms with van der Waals surface area (Å²) >= 11 is 5.96. The minimum absolute atomic E-state index is 0.555. The molecule has 1 aromatic rings. The molecule has 0 saturated carbocycles. The maximum atomic E-state index is 5.96. The number of nitrogens with one attached hydrogen (secondary N) is 1. The Balaban J connectivity index is 2.12. The summed E-state index contributed by atoms with van der Waals surface area (Å²) in [6, 6.07) is 8.90. The lowest BCUT2D eigenvalue weighted by atomic mass is 10.00. The Kier molecular flexibility index (Phi) is 4.84. The highest BCUT2D eigenvalue weighted by Crippen LogP contribution is 2.26. The van der Waals surface area contributed by atoms with E-state index in [2.05, 4.69) is 29.3 Å². The van der Waals surface area contributed by atoms with Gasteiger partial charge in [0, 0.05) is 37.2 Å². The fraction of sp³-hybridized carbons (Fsp3) is 0.571. The average molecular weight is 253 g/mol. The molecule has 0 aromatic heterocycles. The van der Waals surface area contributed by atoms with Gasteiger partial charge in [0.05, 0.1) is 0 Å². The largest absolute Gasteiger partial charge is 0.314 e. The highest BCUT2D eigenvalue weighted by Gasteiger charge is 2.20. The first-order valence-electron chi connectivity index (χ1n) is 6.51. The highest BCUT2D eigenvalue weighted by atomic mass is 35.5. The minimum Gasteiger partial charge on any atom is -0.314 e. The second-order valence-electron chi connectivity index (χ2n) is 4.64. The Hall–Kier alpha value is -0.570. The van der Waals surface area contributed by atoms with Gasteiger partial charge in [-0.25, -0.2) is 0 Å². The van der Waals surface area contributed by atoms with E-state index < -0.39 is 0 Å². The average Bonchev–Trinajstić information content (AvgIpc) is 2.38. The molecular formula is C14H21ClN2. The minimum atomic E-state index is 0.555. The van der Waals surface area contributed by atoms with Gasteiger partial charge in [0.1, 0.15) is 0 Å². The Bertz CT molecular complexity index is 331. The van der Waals surface area contributed by atoms with Crippen LogP contribution >= 0.6 is 11.6 Å². The predicted octanol–water partition coefficient (Wildman–Crippen LogP) is 3.09. The molecule has 3 heteroatoms. The molecule has 1 heterocycles. The molecule has 1 saturated heterocycles. The number of benzene rings is 1. The molecule has 1 aliphatic rings. The van der Waals surface area contributed by atoms with Gasteiger partial charge >= 0.3 is 0 Å². The first-order valence-corrected chi connectivity index (χ1v) is 6.89. The summed E-state index contributed by atoms with van der Waals surface area (Å²) in [5, 5.41) is 4.23. The molecule has 0 radical (unpaired) electrons. The van der Waals surface area contributed by atoms with E-state index in [4.69, 9.17) is 11.6 Å². The molecular weight excluding hydrogens is 232 g/mol. The van der Waals surface area contributed by atoms with Gasteiger partial charge < -0.3 is 5.32 Å². The standard InChI is InChI=1S/C14H21ClN2/c1-2-3-14(17-10-8-16-9-11-17)12-4-6-13(15)7-5-12/h4-7,14,16H,2-3,8-11H2,1H3/t14-/m1/s1. The van der Waals surface area contributed by atoms with Crippen molar-refractivity contribution in [1.82, 2.24) is 10.2 Å². The van der Waals surface area contributed by atoms with Crippen molar-refractivity contribution in [3.05, 3.63) is 34.9 Å². The molecule has 1 aliphatic heterocycles. The number of nitrogens with zero attached hydrogens (tertiary/aromatic N) is 1. The number of hydrogen-bond acceptors (Lipinski definition) is 2. The summed E-state index contributed by atoms with van der Waals surface area (Å²) < 4.78 is 0. The smallest absolute Gasteiger partial charge is 0.0406 e. The van der Waals surface area contributed by atoms with E-state index in [1.807, 2.05) is 12.1 Å². The summed E-state index contributed by atoms with van der Waals surface area (Å²) in [5.41, 5.74) is 1.40. The molecule has 0 amide bonds. The Labute approximate surface area is 109 Å². The molecule has 0 aliphatic carbocycles. The zero-order chi connectivity index (χ0) is 12.1. The topological polar surface area (TPSA) is 15.3 Å². The fourth-order valence-corrected chi connectivity index (χ4v) is 2.64. The van der Waals surface area contributed by atoms with Gasteiger partial charge in [0.2, 0.25) is 0 Å². The van der Waals surface area contributed by atoms with Crippen LogP contribution in [0.4, 0.5) is 0 Å². The molecule has 1 aromatic carbocycles. The zero-order valence-corrected chi connectivity index (χ0v) is 11.2. The van der Waals surface area contributed by atoms with E-state index in [-0.39, 0.29) is 0 Å². The summed E-state index contributed by atoms with van der Waals surface area (Å²) in [7, 11) is 0. The van der Waals surface area contributed by atoms with Crippen LogP contribution in [0.15, 0.2) is 24.3 Å². The zero-order valence-electron chi connectivity index (χ0n) is 10.5. The van der Waals surface area contributed by atoms with Gasteiger partial charge in [-0.05, 0) is 24.1 Å². The molecule has 1 fully saturated rings. The quantitative estimate of drug-likeness (QED) is 0.886. The first kappa shape index (κ1) is 12.9.